The number of alkyl halides is 3. The molecule has 3 aromatic carbocycles. The summed E-state index contributed by atoms with van der Waals surface area (Å²) in [4.78, 5) is 8.60. The van der Waals surface area contributed by atoms with Crippen LogP contribution in [-0.2, 0) is 29.2 Å². The molecular weight excluding hydrogens is 597 g/mol. The van der Waals surface area contributed by atoms with Crippen molar-refractivity contribution in [2.75, 3.05) is 31.0 Å². The largest absolute Gasteiger partial charge is 0.496 e. The summed E-state index contributed by atoms with van der Waals surface area (Å²) in [6.45, 7) is 0.577. The first-order valence-corrected chi connectivity index (χ1v) is 15.5. The Morgan fingerprint density at radius 2 is 1.75 bits per heavy atom. The molecule has 2 heterocycles. The summed E-state index contributed by atoms with van der Waals surface area (Å²) in [5, 5.41) is 6.54. The maximum atomic E-state index is 14.0. The van der Waals surface area contributed by atoms with Crippen molar-refractivity contribution in [3.63, 3.8) is 0 Å². The SMILES string of the molecule is COc1cc2ncnc(Nc3ccc(OCc4ccccc4)c(C(F)(F)F)c3)c2cc1-c1ccc(CNCCS(C)(=O)=O)o1. The lowest BCUT2D eigenvalue weighted by molar-refractivity contribution is -0.139. The normalized spacial score (nSPS) is 11.9. The van der Waals surface area contributed by atoms with Gasteiger partial charge in [-0.1, -0.05) is 30.3 Å². The molecule has 0 fully saturated rings. The molecule has 5 rings (SSSR count). The van der Waals surface area contributed by atoms with Crippen LogP contribution in [0.2, 0.25) is 0 Å². The van der Waals surface area contributed by atoms with Crippen LogP contribution in [0.1, 0.15) is 16.9 Å². The summed E-state index contributed by atoms with van der Waals surface area (Å²) in [5.74, 6) is 1.51. The van der Waals surface area contributed by atoms with Gasteiger partial charge in [-0.2, -0.15) is 13.2 Å². The summed E-state index contributed by atoms with van der Waals surface area (Å²) in [5.41, 5.74) is 1.04. The number of nitrogens with zero attached hydrogens (tertiary/aromatic N) is 2. The zero-order valence-corrected chi connectivity index (χ0v) is 24.6. The van der Waals surface area contributed by atoms with Crippen LogP contribution in [0.25, 0.3) is 22.2 Å². The first-order chi connectivity index (χ1) is 21.0. The third kappa shape index (κ3) is 7.66. The Balaban J connectivity index is 1.41. The molecular formula is C31H29F3N4O5S. The standard InChI is InChI=1S/C31H29F3N4O5S/c1-41-29-16-26-23(15-24(29)27-11-9-22(43-27)17-35-12-13-44(2,39)40)30(37-19-36-26)38-21-8-10-28(25(14-21)31(32,33)34)42-18-20-6-4-3-5-7-20/h3-11,14-16,19,35H,12-13,17-18H2,1-2H3,(H,36,37,38). The summed E-state index contributed by atoms with van der Waals surface area (Å²) in [6.07, 6.45) is -2.18. The number of halogens is 3. The fourth-order valence-electron chi connectivity index (χ4n) is 4.46. The molecule has 44 heavy (non-hydrogen) atoms. The first-order valence-electron chi connectivity index (χ1n) is 13.5. The maximum Gasteiger partial charge on any atom is 0.420 e. The van der Waals surface area contributed by atoms with E-state index in [4.69, 9.17) is 13.9 Å². The average molecular weight is 627 g/mol. The van der Waals surface area contributed by atoms with Crippen molar-refractivity contribution in [1.82, 2.24) is 15.3 Å². The molecule has 5 aromatic rings. The molecule has 0 radical (unpaired) electrons. The second-order valence-electron chi connectivity index (χ2n) is 9.97. The molecule has 0 unspecified atom stereocenters. The minimum absolute atomic E-state index is 0.00272. The van der Waals surface area contributed by atoms with Gasteiger partial charge >= 0.3 is 6.18 Å². The van der Waals surface area contributed by atoms with E-state index in [0.29, 0.717) is 40.3 Å². The Labute approximate surface area is 252 Å². The molecule has 0 aliphatic heterocycles. The maximum absolute atomic E-state index is 14.0. The fourth-order valence-corrected chi connectivity index (χ4v) is 4.97. The van der Waals surface area contributed by atoms with Crippen molar-refractivity contribution in [3.05, 3.63) is 96.0 Å². The van der Waals surface area contributed by atoms with Crippen molar-refractivity contribution in [3.8, 4) is 22.8 Å². The summed E-state index contributed by atoms with van der Waals surface area (Å²) in [6, 6.07) is 19.6. The highest BCUT2D eigenvalue weighted by atomic mass is 32.2. The molecule has 0 spiro atoms. The van der Waals surface area contributed by atoms with E-state index in [9.17, 15) is 21.6 Å². The molecule has 0 bridgehead atoms. The van der Waals surface area contributed by atoms with Crippen molar-refractivity contribution in [2.45, 2.75) is 19.3 Å². The molecule has 13 heteroatoms. The summed E-state index contributed by atoms with van der Waals surface area (Å²) >= 11 is 0. The second kappa shape index (κ2) is 12.9. The zero-order chi connectivity index (χ0) is 31.3. The highest BCUT2D eigenvalue weighted by Crippen LogP contribution is 2.40. The fraction of sp³-hybridized carbons (Fsp3) is 0.226. The number of hydrogen-bond donors (Lipinski definition) is 2. The van der Waals surface area contributed by atoms with Crippen LogP contribution in [0, 0.1) is 0 Å². The number of sulfone groups is 1. The van der Waals surface area contributed by atoms with E-state index in [2.05, 4.69) is 20.6 Å². The topological polar surface area (TPSA) is 116 Å². The molecule has 230 valence electrons. The van der Waals surface area contributed by atoms with Gasteiger partial charge in [0.25, 0.3) is 0 Å². The summed E-state index contributed by atoms with van der Waals surface area (Å²) < 4.78 is 81.9. The number of rotatable bonds is 12. The highest BCUT2D eigenvalue weighted by molar-refractivity contribution is 7.90. The molecule has 0 saturated heterocycles. The van der Waals surface area contributed by atoms with E-state index >= 15 is 0 Å². The van der Waals surface area contributed by atoms with Crippen LogP contribution < -0.4 is 20.1 Å². The Bertz CT molecular complexity index is 1860. The highest BCUT2D eigenvalue weighted by Gasteiger charge is 2.35. The predicted molar refractivity (Wildman–Crippen MR) is 161 cm³/mol. The number of fused-ring (bicyclic) bond motifs is 1. The van der Waals surface area contributed by atoms with Gasteiger partial charge in [-0.25, -0.2) is 18.4 Å². The lowest BCUT2D eigenvalue weighted by Crippen LogP contribution is -2.21. The first kappa shape index (κ1) is 30.8. The molecule has 0 saturated carbocycles. The number of methoxy groups -OCH3 is 1. The van der Waals surface area contributed by atoms with E-state index in [0.717, 1.165) is 11.6 Å². The van der Waals surface area contributed by atoms with Gasteiger partial charge in [0.05, 0.1) is 36.1 Å². The average Bonchev–Trinajstić information content (AvgIpc) is 3.46. The number of furan rings is 1. The third-order valence-corrected chi connectivity index (χ3v) is 7.56. The van der Waals surface area contributed by atoms with E-state index in [1.54, 1.807) is 48.5 Å². The van der Waals surface area contributed by atoms with E-state index in [-0.39, 0.29) is 36.2 Å². The van der Waals surface area contributed by atoms with Crippen molar-refractivity contribution in [2.24, 2.45) is 0 Å². The minimum Gasteiger partial charge on any atom is -0.496 e. The Kier molecular flexibility index (Phi) is 9.06. The Hall–Kier alpha value is -4.62. The number of benzene rings is 3. The molecule has 2 aromatic heterocycles. The van der Waals surface area contributed by atoms with Crippen LogP contribution >= 0.6 is 0 Å². The van der Waals surface area contributed by atoms with Gasteiger partial charge in [0, 0.05) is 29.9 Å². The molecule has 9 nitrogen and oxygen atoms in total. The van der Waals surface area contributed by atoms with Gasteiger partial charge in [-0.15, -0.1) is 0 Å². The molecule has 2 N–H and O–H groups in total. The van der Waals surface area contributed by atoms with Crippen molar-refractivity contribution >= 4 is 32.2 Å². The van der Waals surface area contributed by atoms with Crippen LogP contribution in [0.15, 0.2) is 83.5 Å². The molecule has 0 atom stereocenters. The molecule has 0 amide bonds. The second-order valence-corrected chi connectivity index (χ2v) is 12.2. The monoisotopic (exact) mass is 626 g/mol. The number of anilines is 2. The van der Waals surface area contributed by atoms with Crippen molar-refractivity contribution < 1.29 is 35.5 Å². The van der Waals surface area contributed by atoms with Gasteiger partial charge in [0.1, 0.15) is 51.6 Å². The van der Waals surface area contributed by atoms with Crippen LogP contribution in [0.3, 0.4) is 0 Å². The van der Waals surface area contributed by atoms with Crippen molar-refractivity contribution in [1.29, 1.82) is 0 Å². The Morgan fingerprint density at radius 3 is 2.48 bits per heavy atom. The van der Waals surface area contributed by atoms with Gasteiger partial charge < -0.3 is 24.5 Å². The minimum atomic E-state index is -4.66. The van der Waals surface area contributed by atoms with Crippen LogP contribution in [-0.4, -0.2) is 44.0 Å². The quantitative estimate of drug-likeness (QED) is 0.152. The Morgan fingerprint density at radius 1 is 0.955 bits per heavy atom. The van der Waals surface area contributed by atoms with Gasteiger partial charge in [0.15, 0.2) is 0 Å². The van der Waals surface area contributed by atoms with Gasteiger partial charge in [0.2, 0.25) is 0 Å². The lowest BCUT2D eigenvalue weighted by Gasteiger charge is -2.17. The number of hydrogen-bond acceptors (Lipinski definition) is 9. The van der Waals surface area contributed by atoms with Gasteiger partial charge in [-0.05, 0) is 42.0 Å². The number of aromatic nitrogens is 2. The molecule has 0 aliphatic carbocycles. The van der Waals surface area contributed by atoms with E-state index in [1.807, 2.05) is 6.07 Å². The van der Waals surface area contributed by atoms with Gasteiger partial charge in [-0.3, -0.25) is 0 Å². The molecule has 0 aliphatic rings. The third-order valence-electron chi connectivity index (χ3n) is 6.62. The van der Waals surface area contributed by atoms with E-state index in [1.165, 1.54) is 31.8 Å². The van der Waals surface area contributed by atoms with Crippen LogP contribution in [0.4, 0.5) is 24.7 Å². The van der Waals surface area contributed by atoms with E-state index < -0.39 is 21.6 Å². The lowest BCUT2D eigenvalue weighted by atomic mass is 10.1. The number of ether oxygens (including phenoxy) is 2. The van der Waals surface area contributed by atoms with Crippen LogP contribution in [0.5, 0.6) is 11.5 Å². The zero-order valence-electron chi connectivity index (χ0n) is 23.8. The number of nitrogens with one attached hydrogen (secondary N) is 2. The summed E-state index contributed by atoms with van der Waals surface area (Å²) in [7, 11) is -1.59. The predicted octanol–water partition coefficient (Wildman–Crippen LogP) is 6.37. The smallest absolute Gasteiger partial charge is 0.420 e.